The number of hydrogen-bond acceptors (Lipinski definition) is 4. The predicted octanol–water partition coefficient (Wildman–Crippen LogP) is 2.61. The SMILES string of the molecule is CC(O)CNCc1cccc(OCc2ccccc2C#N)c1. The van der Waals surface area contributed by atoms with E-state index in [9.17, 15) is 5.11 Å². The minimum absolute atomic E-state index is 0.359. The van der Waals surface area contributed by atoms with E-state index in [-0.39, 0.29) is 6.10 Å². The molecule has 22 heavy (non-hydrogen) atoms. The maximum atomic E-state index is 9.23. The summed E-state index contributed by atoms with van der Waals surface area (Å²) in [5.74, 6) is 0.768. The van der Waals surface area contributed by atoms with Crippen LogP contribution < -0.4 is 10.1 Å². The lowest BCUT2D eigenvalue weighted by molar-refractivity contribution is 0.191. The van der Waals surface area contributed by atoms with Gasteiger partial charge in [0.05, 0.1) is 17.7 Å². The quantitative estimate of drug-likeness (QED) is 0.824. The van der Waals surface area contributed by atoms with Crippen LogP contribution in [0.2, 0.25) is 0 Å². The first kappa shape index (κ1) is 16.0. The second-order valence-electron chi connectivity index (χ2n) is 5.18. The van der Waals surface area contributed by atoms with Crippen molar-refractivity contribution in [3.8, 4) is 11.8 Å². The van der Waals surface area contributed by atoms with Crippen molar-refractivity contribution in [2.24, 2.45) is 0 Å². The first-order valence-electron chi connectivity index (χ1n) is 7.27. The van der Waals surface area contributed by atoms with E-state index in [1.807, 2.05) is 42.5 Å². The van der Waals surface area contributed by atoms with E-state index in [2.05, 4.69) is 11.4 Å². The van der Waals surface area contributed by atoms with Crippen LogP contribution >= 0.6 is 0 Å². The lowest BCUT2D eigenvalue weighted by Gasteiger charge is -2.10. The fraction of sp³-hybridized carbons (Fsp3) is 0.278. The van der Waals surface area contributed by atoms with Crippen LogP contribution in [0.3, 0.4) is 0 Å². The van der Waals surface area contributed by atoms with E-state index in [0.29, 0.717) is 25.3 Å². The number of aliphatic hydroxyl groups excluding tert-OH is 1. The minimum Gasteiger partial charge on any atom is -0.489 e. The van der Waals surface area contributed by atoms with Gasteiger partial charge in [-0.15, -0.1) is 0 Å². The minimum atomic E-state index is -0.359. The maximum Gasteiger partial charge on any atom is 0.120 e. The molecule has 0 aliphatic rings. The maximum absolute atomic E-state index is 9.23. The van der Waals surface area contributed by atoms with Gasteiger partial charge in [0.1, 0.15) is 12.4 Å². The fourth-order valence-corrected chi connectivity index (χ4v) is 2.09. The Kier molecular flexibility index (Phi) is 5.96. The standard InChI is InChI=1S/C18H20N2O2/c1-14(21)11-20-12-15-5-4-8-18(9-15)22-13-17-7-3-2-6-16(17)10-19/h2-9,14,20-21H,11-13H2,1H3. The normalized spacial score (nSPS) is 11.7. The topological polar surface area (TPSA) is 65.3 Å². The fourth-order valence-electron chi connectivity index (χ4n) is 2.09. The molecule has 4 heteroatoms. The number of nitriles is 1. The lowest BCUT2D eigenvalue weighted by atomic mass is 10.1. The Morgan fingerprint density at radius 1 is 1.23 bits per heavy atom. The number of benzene rings is 2. The first-order chi connectivity index (χ1) is 10.7. The molecule has 0 aliphatic carbocycles. The molecule has 0 saturated carbocycles. The van der Waals surface area contributed by atoms with Gasteiger partial charge in [0.15, 0.2) is 0 Å². The van der Waals surface area contributed by atoms with Gasteiger partial charge in [0.25, 0.3) is 0 Å². The molecular formula is C18H20N2O2. The third-order valence-corrected chi connectivity index (χ3v) is 3.20. The summed E-state index contributed by atoms with van der Waals surface area (Å²) in [4.78, 5) is 0. The van der Waals surface area contributed by atoms with E-state index in [0.717, 1.165) is 16.9 Å². The van der Waals surface area contributed by atoms with Crippen molar-refractivity contribution in [3.63, 3.8) is 0 Å². The van der Waals surface area contributed by atoms with Crippen molar-refractivity contribution in [3.05, 3.63) is 65.2 Å². The van der Waals surface area contributed by atoms with Crippen molar-refractivity contribution in [2.75, 3.05) is 6.54 Å². The van der Waals surface area contributed by atoms with Crippen LogP contribution in [0.4, 0.5) is 0 Å². The summed E-state index contributed by atoms with van der Waals surface area (Å²) < 4.78 is 5.77. The highest BCUT2D eigenvalue weighted by atomic mass is 16.5. The molecule has 114 valence electrons. The van der Waals surface area contributed by atoms with Crippen molar-refractivity contribution in [2.45, 2.75) is 26.2 Å². The predicted molar refractivity (Wildman–Crippen MR) is 85.3 cm³/mol. The monoisotopic (exact) mass is 296 g/mol. The first-order valence-corrected chi connectivity index (χ1v) is 7.27. The third kappa shape index (κ3) is 4.88. The number of aliphatic hydroxyl groups is 1. The largest absolute Gasteiger partial charge is 0.489 e. The Morgan fingerprint density at radius 3 is 2.82 bits per heavy atom. The molecule has 2 N–H and O–H groups in total. The molecule has 0 saturated heterocycles. The highest BCUT2D eigenvalue weighted by Crippen LogP contribution is 2.16. The zero-order chi connectivity index (χ0) is 15.8. The molecule has 0 aromatic heterocycles. The van der Waals surface area contributed by atoms with E-state index >= 15 is 0 Å². The Balaban J connectivity index is 1.94. The summed E-state index contributed by atoms with van der Waals surface area (Å²) in [6.45, 7) is 3.35. The number of ether oxygens (including phenoxy) is 1. The van der Waals surface area contributed by atoms with Gasteiger partial charge in [-0.1, -0.05) is 30.3 Å². The summed E-state index contributed by atoms with van der Waals surface area (Å²) in [7, 11) is 0. The van der Waals surface area contributed by atoms with Crippen molar-refractivity contribution in [1.29, 1.82) is 5.26 Å². The second kappa shape index (κ2) is 8.18. The number of nitrogens with zero attached hydrogens (tertiary/aromatic N) is 1. The van der Waals surface area contributed by atoms with Gasteiger partial charge in [-0.05, 0) is 30.7 Å². The summed E-state index contributed by atoms with van der Waals surface area (Å²) in [5, 5.41) is 21.5. The third-order valence-electron chi connectivity index (χ3n) is 3.20. The molecule has 2 rings (SSSR count). The highest BCUT2D eigenvalue weighted by molar-refractivity contribution is 5.37. The Bertz CT molecular complexity index is 648. The van der Waals surface area contributed by atoms with Crippen LogP contribution in [-0.2, 0) is 13.2 Å². The van der Waals surface area contributed by atoms with Gasteiger partial charge in [-0.25, -0.2) is 0 Å². The molecule has 0 spiro atoms. The molecule has 1 atom stereocenters. The molecule has 0 aliphatic heterocycles. The average molecular weight is 296 g/mol. The van der Waals surface area contributed by atoms with Gasteiger partial charge >= 0.3 is 0 Å². The molecule has 1 unspecified atom stereocenters. The zero-order valence-electron chi connectivity index (χ0n) is 12.6. The van der Waals surface area contributed by atoms with Crippen LogP contribution in [0.5, 0.6) is 5.75 Å². The Morgan fingerprint density at radius 2 is 2.05 bits per heavy atom. The molecule has 4 nitrogen and oxygen atoms in total. The zero-order valence-corrected chi connectivity index (χ0v) is 12.6. The van der Waals surface area contributed by atoms with E-state index in [4.69, 9.17) is 10.00 Å². The van der Waals surface area contributed by atoms with E-state index < -0.39 is 0 Å². The Hall–Kier alpha value is -2.35. The molecule has 0 amide bonds. The lowest BCUT2D eigenvalue weighted by Crippen LogP contribution is -2.23. The van der Waals surface area contributed by atoms with Gasteiger partial charge in [0, 0.05) is 18.7 Å². The van der Waals surface area contributed by atoms with Crippen LogP contribution in [0.25, 0.3) is 0 Å². The summed E-state index contributed by atoms with van der Waals surface area (Å²) >= 11 is 0. The Labute approximate surface area is 131 Å². The van der Waals surface area contributed by atoms with Gasteiger partial charge in [-0.3, -0.25) is 0 Å². The smallest absolute Gasteiger partial charge is 0.120 e. The van der Waals surface area contributed by atoms with Crippen molar-refractivity contribution < 1.29 is 9.84 Å². The molecule has 2 aromatic rings. The second-order valence-corrected chi connectivity index (χ2v) is 5.18. The van der Waals surface area contributed by atoms with Crippen molar-refractivity contribution in [1.82, 2.24) is 5.32 Å². The molecular weight excluding hydrogens is 276 g/mol. The molecule has 0 fully saturated rings. The van der Waals surface area contributed by atoms with Crippen molar-refractivity contribution >= 4 is 0 Å². The van der Waals surface area contributed by atoms with E-state index in [1.165, 1.54) is 0 Å². The molecule has 0 bridgehead atoms. The number of hydrogen-bond donors (Lipinski definition) is 2. The van der Waals surface area contributed by atoms with Gasteiger partial charge < -0.3 is 15.2 Å². The summed E-state index contributed by atoms with van der Waals surface area (Å²) in [6, 6.07) is 17.4. The molecule has 2 aromatic carbocycles. The van der Waals surface area contributed by atoms with Crippen LogP contribution in [0, 0.1) is 11.3 Å². The van der Waals surface area contributed by atoms with Gasteiger partial charge in [0.2, 0.25) is 0 Å². The van der Waals surface area contributed by atoms with Crippen LogP contribution in [-0.4, -0.2) is 17.8 Å². The highest BCUT2D eigenvalue weighted by Gasteiger charge is 2.03. The number of nitrogens with one attached hydrogen (secondary N) is 1. The molecule has 0 radical (unpaired) electrons. The van der Waals surface area contributed by atoms with Gasteiger partial charge in [-0.2, -0.15) is 5.26 Å². The molecule has 0 heterocycles. The van der Waals surface area contributed by atoms with Crippen LogP contribution in [0.15, 0.2) is 48.5 Å². The number of rotatable bonds is 7. The van der Waals surface area contributed by atoms with E-state index in [1.54, 1.807) is 13.0 Å². The van der Waals surface area contributed by atoms with Crippen LogP contribution in [0.1, 0.15) is 23.6 Å². The average Bonchev–Trinajstić information content (AvgIpc) is 2.53. The summed E-state index contributed by atoms with van der Waals surface area (Å²) in [6.07, 6.45) is -0.359. The summed E-state index contributed by atoms with van der Waals surface area (Å²) in [5.41, 5.74) is 2.60.